The lowest BCUT2D eigenvalue weighted by Crippen LogP contribution is -2.46. The van der Waals surface area contributed by atoms with E-state index in [-0.39, 0.29) is 5.92 Å². The third kappa shape index (κ3) is 4.90. The summed E-state index contributed by atoms with van der Waals surface area (Å²) in [5.41, 5.74) is 0.606. The molecule has 0 fully saturated rings. The van der Waals surface area contributed by atoms with Gasteiger partial charge >= 0.3 is 12.0 Å². The van der Waals surface area contributed by atoms with Crippen molar-refractivity contribution in [1.29, 1.82) is 0 Å². The van der Waals surface area contributed by atoms with Gasteiger partial charge in [-0.05, 0) is 30.2 Å². The van der Waals surface area contributed by atoms with E-state index >= 15 is 0 Å². The molecule has 0 saturated carbocycles. The summed E-state index contributed by atoms with van der Waals surface area (Å²) < 4.78 is 0.904. The molecular formula is C13H17BrN2O3. The van der Waals surface area contributed by atoms with Crippen molar-refractivity contribution in [2.24, 2.45) is 5.92 Å². The molecule has 1 aromatic rings. The van der Waals surface area contributed by atoms with Crippen LogP contribution in [0.1, 0.15) is 20.3 Å². The van der Waals surface area contributed by atoms with Crippen molar-refractivity contribution in [1.82, 2.24) is 5.32 Å². The van der Waals surface area contributed by atoms with Crippen LogP contribution in [0, 0.1) is 5.92 Å². The van der Waals surface area contributed by atoms with E-state index < -0.39 is 18.0 Å². The summed E-state index contributed by atoms with van der Waals surface area (Å²) in [4.78, 5) is 22.8. The molecule has 3 N–H and O–H groups in total. The number of carboxylic acids is 1. The Morgan fingerprint density at radius 1 is 1.32 bits per heavy atom. The highest BCUT2D eigenvalue weighted by Crippen LogP contribution is 2.14. The second-order valence-electron chi connectivity index (χ2n) is 4.31. The summed E-state index contributed by atoms with van der Waals surface area (Å²) in [6.07, 6.45) is 0.676. The van der Waals surface area contributed by atoms with E-state index in [1.807, 2.05) is 6.92 Å². The number of benzene rings is 1. The molecule has 0 radical (unpaired) electrons. The number of aliphatic carboxylic acids is 1. The monoisotopic (exact) mass is 328 g/mol. The second kappa shape index (κ2) is 7.13. The Kier molecular flexibility index (Phi) is 5.82. The lowest BCUT2D eigenvalue weighted by molar-refractivity contribution is -0.140. The number of carbonyl (C=O) groups is 2. The normalized spacial score (nSPS) is 13.4. The first kappa shape index (κ1) is 15.5. The van der Waals surface area contributed by atoms with E-state index in [9.17, 15) is 9.59 Å². The van der Waals surface area contributed by atoms with Crippen LogP contribution in [0.15, 0.2) is 28.7 Å². The lowest BCUT2D eigenvalue weighted by atomic mass is 9.99. The zero-order chi connectivity index (χ0) is 14.4. The maximum Gasteiger partial charge on any atom is 0.326 e. The molecule has 1 aromatic carbocycles. The Morgan fingerprint density at radius 3 is 2.37 bits per heavy atom. The van der Waals surface area contributed by atoms with Crippen LogP contribution in [0.5, 0.6) is 0 Å². The molecule has 0 bridgehead atoms. The number of carbonyl (C=O) groups excluding carboxylic acids is 1. The number of amides is 2. The quantitative estimate of drug-likeness (QED) is 0.777. The van der Waals surface area contributed by atoms with Gasteiger partial charge in [-0.25, -0.2) is 9.59 Å². The molecule has 1 rings (SSSR count). The van der Waals surface area contributed by atoms with Gasteiger partial charge in [-0.1, -0.05) is 36.2 Å². The van der Waals surface area contributed by atoms with E-state index in [4.69, 9.17) is 5.11 Å². The van der Waals surface area contributed by atoms with Crippen LogP contribution in [0.25, 0.3) is 0 Å². The fraction of sp³-hybridized carbons (Fsp3) is 0.385. The van der Waals surface area contributed by atoms with Gasteiger partial charge in [-0.15, -0.1) is 0 Å². The first-order valence-corrected chi connectivity index (χ1v) is 6.79. The fourth-order valence-electron chi connectivity index (χ4n) is 1.52. The number of urea groups is 1. The highest BCUT2D eigenvalue weighted by atomic mass is 79.9. The molecule has 2 atom stereocenters. The predicted molar refractivity (Wildman–Crippen MR) is 77.2 cm³/mol. The molecule has 19 heavy (non-hydrogen) atoms. The molecule has 0 spiro atoms. The van der Waals surface area contributed by atoms with Crippen molar-refractivity contribution in [3.8, 4) is 0 Å². The van der Waals surface area contributed by atoms with Gasteiger partial charge in [0.15, 0.2) is 0 Å². The number of carboxylic acid groups (broad SMARTS) is 1. The molecule has 6 heteroatoms. The Morgan fingerprint density at radius 2 is 1.89 bits per heavy atom. The van der Waals surface area contributed by atoms with Crippen LogP contribution in [0.4, 0.5) is 10.5 Å². The van der Waals surface area contributed by atoms with E-state index in [0.29, 0.717) is 12.1 Å². The zero-order valence-corrected chi connectivity index (χ0v) is 12.4. The summed E-state index contributed by atoms with van der Waals surface area (Å²) in [5, 5.41) is 14.1. The van der Waals surface area contributed by atoms with E-state index in [1.54, 1.807) is 31.2 Å². The van der Waals surface area contributed by atoms with Crippen molar-refractivity contribution in [3.63, 3.8) is 0 Å². The zero-order valence-electron chi connectivity index (χ0n) is 10.8. The minimum Gasteiger partial charge on any atom is -0.480 e. The topological polar surface area (TPSA) is 78.4 Å². The van der Waals surface area contributed by atoms with Gasteiger partial charge in [-0.2, -0.15) is 0 Å². The lowest BCUT2D eigenvalue weighted by Gasteiger charge is -2.20. The van der Waals surface area contributed by atoms with Gasteiger partial charge in [0.25, 0.3) is 0 Å². The molecule has 0 aliphatic rings. The Bertz CT molecular complexity index is 448. The van der Waals surface area contributed by atoms with Crippen molar-refractivity contribution >= 4 is 33.6 Å². The average Bonchev–Trinajstić information content (AvgIpc) is 2.37. The number of anilines is 1. The minimum atomic E-state index is -1.03. The van der Waals surface area contributed by atoms with Crippen LogP contribution >= 0.6 is 15.9 Å². The third-order valence-corrected chi connectivity index (χ3v) is 3.40. The van der Waals surface area contributed by atoms with Crippen LogP contribution in [-0.4, -0.2) is 23.1 Å². The van der Waals surface area contributed by atoms with Crippen molar-refractivity contribution in [3.05, 3.63) is 28.7 Å². The number of hydrogen-bond acceptors (Lipinski definition) is 2. The second-order valence-corrected chi connectivity index (χ2v) is 5.22. The van der Waals surface area contributed by atoms with Crippen LogP contribution < -0.4 is 10.6 Å². The fourth-order valence-corrected chi connectivity index (χ4v) is 1.79. The molecule has 1 unspecified atom stereocenters. The van der Waals surface area contributed by atoms with E-state index in [0.717, 1.165) is 4.47 Å². The van der Waals surface area contributed by atoms with Gasteiger partial charge in [0.2, 0.25) is 0 Å². The van der Waals surface area contributed by atoms with Gasteiger partial charge in [0.05, 0.1) is 0 Å². The number of hydrogen-bond donors (Lipinski definition) is 3. The molecule has 0 aliphatic heterocycles. The molecule has 0 heterocycles. The summed E-state index contributed by atoms with van der Waals surface area (Å²) in [7, 11) is 0. The Labute approximate surface area is 120 Å². The Hall–Kier alpha value is -1.56. The summed E-state index contributed by atoms with van der Waals surface area (Å²) in [6, 6.07) is 5.62. The van der Waals surface area contributed by atoms with Gasteiger partial charge in [0, 0.05) is 10.2 Å². The summed E-state index contributed by atoms with van der Waals surface area (Å²) in [5.74, 6) is -1.16. The molecule has 0 saturated heterocycles. The molecule has 5 nitrogen and oxygen atoms in total. The van der Waals surface area contributed by atoms with Crippen LogP contribution in [0.3, 0.4) is 0 Å². The van der Waals surface area contributed by atoms with Crippen molar-refractivity contribution < 1.29 is 14.7 Å². The molecule has 0 aromatic heterocycles. The van der Waals surface area contributed by atoms with Gasteiger partial charge < -0.3 is 15.7 Å². The van der Waals surface area contributed by atoms with Gasteiger partial charge in [0.1, 0.15) is 6.04 Å². The highest BCUT2D eigenvalue weighted by Gasteiger charge is 2.25. The molecule has 104 valence electrons. The highest BCUT2D eigenvalue weighted by molar-refractivity contribution is 9.10. The number of rotatable bonds is 5. The largest absolute Gasteiger partial charge is 0.480 e. The third-order valence-electron chi connectivity index (χ3n) is 2.87. The maximum absolute atomic E-state index is 11.7. The molecule has 2 amide bonds. The standard InChI is InChI=1S/C13H17BrN2O3/c1-3-8(2)11(12(17)18)16-13(19)15-10-6-4-9(14)5-7-10/h4-8,11H,3H2,1-2H3,(H,17,18)(H2,15,16,19)/t8?,11-/m0/s1. The Balaban J connectivity index is 2.62. The van der Waals surface area contributed by atoms with Crippen molar-refractivity contribution in [2.45, 2.75) is 26.3 Å². The maximum atomic E-state index is 11.7. The number of nitrogens with one attached hydrogen (secondary N) is 2. The van der Waals surface area contributed by atoms with E-state index in [1.165, 1.54) is 0 Å². The van der Waals surface area contributed by atoms with Crippen LogP contribution in [0.2, 0.25) is 0 Å². The molecular weight excluding hydrogens is 312 g/mol. The predicted octanol–water partition coefficient (Wildman–Crippen LogP) is 3.07. The molecule has 0 aliphatic carbocycles. The average molecular weight is 329 g/mol. The summed E-state index contributed by atoms with van der Waals surface area (Å²) >= 11 is 3.29. The number of halogens is 1. The van der Waals surface area contributed by atoms with Crippen LogP contribution in [-0.2, 0) is 4.79 Å². The summed E-state index contributed by atoms with van der Waals surface area (Å²) in [6.45, 7) is 3.67. The SMILES string of the molecule is CCC(C)[C@H](NC(=O)Nc1ccc(Br)cc1)C(=O)O. The first-order valence-electron chi connectivity index (χ1n) is 6.00. The minimum absolute atomic E-state index is 0.131. The first-order chi connectivity index (χ1) is 8.93. The smallest absolute Gasteiger partial charge is 0.326 e. The van der Waals surface area contributed by atoms with E-state index in [2.05, 4.69) is 26.6 Å². The van der Waals surface area contributed by atoms with Gasteiger partial charge in [-0.3, -0.25) is 0 Å². The van der Waals surface area contributed by atoms with Crippen molar-refractivity contribution in [2.75, 3.05) is 5.32 Å².